The molecule has 0 spiro atoms. The number of ether oxygens (including phenoxy) is 1. The number of hydrogen-bond acceptors (Lipinski definition) is 4. The summed E-state index contributed by atoms with van der Waals surface area (Å²) in [6.45, 7) is 12.2. The Morgan fingerprint density at radius 1 is 1.11 bits per heavy atom. The average molecular weight is 390 g/mol. The van der Waals surface area contributed by atoms with Gasteiger partial charge in [-0.15, -0.1) is 0 Å². The van der Waals surface area contributed by atoms with Gasteiger partial charge in [0.25, 0.3) is 5.91 Å². The van der Waals surface area contributed by atoms with Crippen LogP contribution >= 0.6 is 0 Å². The minimum atomic E-state index is -0.546. The molecule has 2 amide bonds. The van der Waals surface area contributed by atoms with Gasteiger partial charge in [0.05, 0.1) is 13.2 Å². The number of carbonyl (C=O) groups excluding carboxylic acids is 2. The van der Waals surface area contributed by atoms with Gasteiger partial charge in [-0.1, -0.05) is 52.3 Å². The lowest BCUT2D eigenvalue weighted by Gasteiger charge is -2.37. The molecule has 1 fully saturated rings. The van der Waals surface area contributed by atoms with Crippen molar-refractivity contribution in [2.24, 2.45) is 11.8 Å². The molecule has 1 saturated heterocycles. The number of carbonyl (C=O) groups is 2. The monoisotopic (exact) mass is 389 g/mol. The molecule has 1 heterocycles. The average Bonchev–Trinajstić information content (AvgIpc) is 2.72. The summed E-state index contributed by atoms with van der Waals surface area (Å²) in [5.41, 5.74) is 0.567. The Hall–Kier alpha value is -1.92. The highest BCUT2D eigenvalue weighted by atomic mass is 16.5. The number of amides is 2. The van der Waals surface area contributed by atoms with Crippen LogP contribution < -0.4 is 10.6 Å². The molecular weight excluding hydrogens is 354 g/mol. The third-order valence-electron chi connectivity index (χ3n) is 5.59. The summed E-state index contributed by atoms with van der Waals surface area (Å²) in [6.07, 6.45) is 0.810. The molecule has 0 aliphatic carbocycles. The summed E-state index contributed by atoms with van der Waals surface area (Å²) in [4.78, 5) is 27.9. The summed E-state index contributed by atoms with van der Waals surface area (Å²) < 4.78 is 5.45. The maximum Gasteiger partial charge on any atom is 0.251 e. The maximum atomic E-state index is 13.0. The Morgan fingerprint density at radius 3 is 2.32 bits per heavy atom. The van der Waals surface area contributed by atoms with Crippen molar-refractivity contribution in [3.63, 3.8) is 0 Å². The van der Waals surface area contributed by atoms with Crippen LogP contribution in [0.15, 0.2) is 30.3 Å². The second kappa shape index (κ2) is 11.2. The third kappa shape index (κ3) is 6.31. The Balaban J connectivity index is 2.00. The molecule has 0 saturated carbocycles. The molecule has 6 heteroatoms. The first kappa shape index (κ1) is 22.4. The predicted octanol–water partition coefficient (Wildman–Crippen LogP) is 2.30. The lowest BCUT2D eigenvalue weighted by Crippen LogP contribution is -2.55. The first-order chi connectivity index (χ1) is 13.4. The largest absolute Gasteiger partial charge is 0.379 e. The molecule has 6 nitrogen and oxygen atoms in total. The van der Waals surface area contributed by atoms with Gasteiger partial charge >= 0.3 is 0 Å². The summed E-state index contributed by atoms with van der Waals surface area (Å²) in [7, 11) is 0. The Bertz CT molecular complexity index is 615. The lowest BCUT2D eigenvalue weighted by molar-refractivity contribution is -0.124. The zero-order valence-corrected chi connectivity index (χ0v) is 17.6. The van der Waals surface area contributed by atoms with Gasteiger partial charge in [0.15, 0.2) is 0 Å². The third-order valence-corrected chi connectivity index (χ3v) is 5.59. The molecule has 28 heavy (non-hydrogen) atoms. The van der Waals surface area contributed by atoms with Gasteiger partial charge in [-0.2, -0.15) is 0 Å². The van der Waals surface area contributed by atoms with Crippen molar-refractivity contribution in [1.82, 2.24) is 15.5 Å². The fraction of sp³-hybridized carbons (Fsp3) is 0.636. The summed E-state index contributed by atoms with van der Waals surface area (Å²) in [5.74, 6) is 0.139. The molecule has 1 aromatic carbocycles. The number of rotatable bonds is 9. The topological polar surface area (TPSA) is 70.7 Å². The minimum Gasteiger partial charge on any atom is -0.379 e. The van der Waals surface area contributed by atoms with E-state index in [4.69, 9.17) is 4.74 Å². The zero-order valence-electron chi connectivity index (χ0n) is 17.6. The zero-order chi connectivity index (χ0) is 20.5. The van der Waals surface area contributed by atoms with Crippen LogP contribution in [0.25, 0.3) is 0 Å². The van der Waals surface area contributed by atoms with Gasteiger partial charge < -0.3 is 15.4 Å². The SMILES string of the molecule is CCC(C)C(NC(=O)c1ccccc1)C(=O)NCC(C(C)C)N1CCOCC1. The van der Waals surface area contributed by atoms with Gasteiger partial charge in [-0.05, 0) is 24.0 Å². The van der Waals surface area contributed by atoms with Crippen molar-refractivity contribution in [2.45, 2.75) is 46.2 Å². The van der Waals surface area contributed by atoms with E-state index in [1.165, 1.54) is 0 Å². The first-order valence-corrected chi connectivity index (χ1v) is 10.4. The first-order valence-electron chi connectivity index (χ1n) is 10.4. The van der Waals surface area contributed by atoms with Crippen LogP contribution in [0.2, 0.25) is 0 Å². The van der Waals surface area contributed by atoms with E-state index in [-0.39, 0.29) is 23.8 Å². The second-order valence-corrected chi connectivity index (χ2v) is 7.91. The normalized spacial score (nSPS) is 18.3. The molecule has 3 unspecified atom stereocenters. The highest BCUT2D eigenvalue weighted by molar-refractivity contribution is 5.97. The van der Waals surface area contributed by atoms with Crippen LogP contribution in [0.5, 0.6) is 0 Å². The quantitative estimate of drug-likeness (QED) is 0.680. The van der Waals surface area contributed by atoms with Crippen molar-refractivity contribution in [3.8, 4) is 0 Å². The number of morpholine rings is 1. The van der Waals surface area contributed by atoms with E-state index in [1.54, 1.807) is 12.1 Å². The van der Waals surface area contributed by atoms with Crippen LogP contribution in [0.3, 0.4) is 0 Å². The lowest BCUT2D eigenvalue weighted by atomic mass is 9.97. The second-order valence-electron chi connectivity index (χ2n) is 7.91. The van der Waals surface area contributed by atoms with E-state index >= 15 is 0 Å². The smallest absolute Gasteiger partial charge is 0.251 e. The van der Waals surface area contributed by atoms with E-state index in [0.29, 0.717) is 18.0 Å². The van der Waals surface area contributed by atoms with Crippen LogP contribution in [0.4, 0.5) is 0 Å². The molecule has 1 aliphatic rings. The number of nitrogens with one attached hydrogen (secondary N) is 2. The van der Waals surface area contributed by atoms with E-state index in [2.05, 4.69) is 29.4 Å². The van der Waals surface area contributed by atoms with Crippen LogP contribution in [0, 0.1) is 11.8 Å². The molecule has 1 aromatic rings. The van der Waals surface area contributed by atoms with Gasteiger partial charge in [0, 0.05) is 31.2 Å². The predicted molar refractivity (Wildman–Crippen MR) is 111 cm³/mol. The molecule has 156 valence electrons. The van der Waals surface area contributed by atoms with Gasteiger partial charge in [0.1, 0.15) is 6.04 Å². The molecule has 1 aliphatic heterocycles. The van der Waals surface area contributed by atoms with Crippen molar-refractivity contribution in [1.29, 1.82) is 0 Å². The maximum absolute atomic E-state index is 13.0. The Kier molecular flexibility index (Phi) is 8.93. The number of hydrogen-bond donors (Lipinski definition) is 2. The Labute approximate surface area is 169 Å². The van der Waals surface area contributed by atoms with Crippen molar-refractivity contribution >= 4 is 11.8 Å². The van der Waals surface area contributed by atoms with Crippen LogP contribution in [0.1, 0.15) is 44.5 Å². The molecule has 2 rings (SSSR count). The van der Waals surface area contributed by atoms with Crippen LogP contribution in [-0.2, 0) is 9.53 Å². The van der Waals surface area contributed by atoms with Crippen molar-refractivity contribution in [2.75, 3.05) is 32.8 Å². The Morgan fingerprint density at radius 2 is 1.75 bits per heavy atom. The summed E-state index contributed by atoms with van der Waals surface area (Å²) in [5, 5.41) is 6.03. The van der Waals surface area contributed by atoms with Crippen molar-refractivity contribution < 1.29 is 14.3 Å². The molecule has 0 bridgehead atoms. The van der Waals surface area contributed by atoms with E-state index in [1.807, 2.05) is 32.0 Å². The fourth-order valence-electron chi connectivity index (χ4n) is 3.53. The van der Waals surface area contributed by atoms with E-state index < -0.39 is 6.04 Å². The highest BCUT2D eigenvalue weighted by Crippen LogP contribution is 2.14. The van der Waals surface area contributed by atoms with E-state index in [0.717, 1.165) is 32.7 Å². The number of benzene rings is 1. The van der Waals surface area contributed by atoms with Gasteiger partial charge in [0.2, 0.25) is 5.91 Å². The molecule has 2 N–H and O–H groups in total. The fourth-order valence-corrected chi connectivity index (χ4v) is 3.53. The van der Waals surface area contributed by atoms with Gasteiger partial charge in [-0.25, -0.2) is 0 Å². The molecular formula is C22H35N3O3. The molecule has 0 radical (unpaired) electrons. The van der Waals surface area contributed by atoms with E-state index in [9.17, 15) is 9.59 Å². The standard InChI is InChI=1S/C22H35N3O3/c1-5-17(4)20(24-21(26)18-9-7-6-8-10-18)22(27)23-15-19(16(2)3)25-11-13-28-14-12-25/h6-10,16-17,19-20H,5,11-15H2,1-4H3,(H,23,27)(H,24,26). The summed E-state index contributed by atoms with van der Waals surface area (Å²) >= 11 is 0. The molecule has 0 aromatic heterocycles. The van der Waals surface area contributed by atoms with Crippen molar-refractivity contribution in [3.05, 3.63) is 35.9 Å². The van der Waals surface area contributed by atoms with Crippen LogP contribution in [-0.4, -0.2) is 61.6 Å². The number of nitrogens with zero attached hydrogens (tertiary/aromatic N) is 1. The molecule has 3 atom stereocenters. The highest BCUT2D eigenvalue weighted by Gasteiger charge is 2.29. The van der Waals surface area contributed by atoms with Gasteiger partial charge in [-0.3, -0.25) is 14.5 Å². The minimum absolute atomic E-state index is 0.0496. The summed E-state index contributed by atoms with van der Waals surface area (Å²) in [6, 6.07) is 8.74.